The molecule has 0 radical (unpaired) electrons. The summed E-state index contributed by atoms with van der Waals surface area (Å²) in [7, 11) is 2.87. The second-order valence-electron chi connectivity index (χ2n) is 6.67. The number of aryl methyl sites for hydroxylation is 1. The fourth-order valence-corrected chi connectivity index (χ4v) is 2.52. The molecule has 0 aromatic heterocycles. The molecule has 2 N–H and O–H groups in total. The average Bonchev–Trinajstić information content (AvgIpc) is 2.77. The number of esters is 1. The molecule has 0 saturated heterocycles. The molecule has 0 fully saturated rings. The van der Waals surface area contributed by atoms with Crippen LogP contribution in [0, 0.1) is 6.92 Å². The van der Waals surface area contributed by atoms with Crippen molar-refractivity contribution in [3.05, 3.63) is 59.7 Å². The van der Waals surface area contributed by atoms with Crippen LogP contribution in [-0.2, 0) is 19.1 Å². The van der Waals surface area contributed by atoms with E-state index in [4.69, 9.17) is 9.47 Å². The number of ether oxygens (including phenoxy) is 3. The molecule has 0 bridgehead atoms. The van der Waals surface area contributed by atoms with Gasteiger partial charge in [0.1, 0.15) is 17.5 Å². The van der Waals surface area contributed by atoms with Gasteiger partial charge >= 0.3 is 5.97 Å². The number of methoxy groups -OCH3 is 2. The number of carbonyl (C=O) groups excluding carboxylic acids is 3. The van der Waals surface area contributed by atoms with Crippen LogP contribution < -0.4 is 20.1 Å². The molecule has 1 unspecified atom stereocenters. The van der Waals surface area contributed by atoms with Crippen LogP contribution in [0.3, 0.4) is 0 Å². The zero-order chi connectivity index (χ0) is 22.8. The average molecular weight is 426 g/mol. The maximum absolute atomic E-state index is 12.4. The summed E-state index contributed by atoms with van der Waals surface area (Å²) >= 11 is 0. The number of rotatable bonds is 9. The van der Waals surface area contributed by atoms with E-state index in [0.29, 0.717) is 11.4 Å². The van der Waals surface area contributed by atoms with Crippen LogP contribution in [0.4, 0.5) is 5.69 Å². The molecule has 2 aromatic rings. The highest BCUT2D eigenvalue weighted by Crippen LogP contribution is 2.21. The van der Waals surface area contributed by atoms with Crippen molar-refractivity contribution in [3.63, 3.8) is 0 Å². The summed E-state index contributed by atoms with van der Waals surface area (Å²) < 4.78 is 14.9. The lowest BCUT2D eigenvalue weighted by molar-refractivity contribution is -0.142. The minimum absolute atomic E-state index is 0.200. The Morgan fingerprint density at radius 1 is 1.03 bits per heavy atom. The molecule has 0 aliphatic heterocycles. The monoisotopic (exact) mass is 426 g/mol. The maximum Gasteiger partial charge on any atom is 0.343 e. The second kappa shape index (κ2) is 11.4. The van der Waals surface area contributed by atoms with Crippen molar-refractivity contribution in [3.8, 4) is 11.5 Å². The molecular weight excluding hydrogens is 400 g/mol. The summed E-state index contributed by atoms with van der Waals surface area (Å²) in [6.45, 7) is 3.19. The van der Waals surface area contributed by atoms with Gasteiger partial charge in [-0.15, -0.1) is 0 Å². The van der Waals surface area contributed by atoms with E-state index >= 15 is 0 Å². The molecule has 164 valence electrons. The number of benzene rings is 2. The van der Waals surface area contributed by atoms with Crippen molar-refractivity contribution in [2.45, 2.75) is 19.9 Å². The zero-order valence-electron chi connectivity index (χ0n) is 17.9. The summed E-state index contributed by atoms with van der Waals surface area (Å²) in [4.78, 5) is 35.7. The van der Waals surface area contributed by atoms with Gasteiger partial charge in [0.25, 0.3) is 0 Å². The Morgan fingerprint density at radius 2 is 1.71 bits per heavy atom. The largest absolute Gasteiger partial charge is 0.497 e. The van der Waals surface area contributed by atoms with Gasteiger partial charge in [-0.05, 0) is 61.4 Å². The molecule has 0 aliphatic carbocycles. The number of amides is 2. The van der Waals surface area contributed by atoms with Crippen molar-refractivity contribution in [1.82, 2.24) is 5.32 Å². The van der Waals surface area contributed by atoms with Crippen molar-refractivity contribution in [2.75, 3.05) is 26.1 Å². The molecule has 2 aromatic carbocycles. The predicted molar refractivity (Wildman–Crippen MR) is 117 cm³/mol. The Kier molecular flexibility index (Phi) is 8.63. The Labute approximate surface area is 181 Å². The van der Waals surface area contributed by atoms with E-state index in [1.165, 1.54) is 13.2 Å². The van der Waals surface area contributed by atoms with E-state index in [-0.39, 0.29) is 18.4 Å². The number of nitrogens with one attached hydrogen (secondary N) is 2. The van der Waals surface area contributed by atoms with Gasteiger partial charge in [-0.25, -0.2) is 4.79 Å². The van der Waals surface area contributed by atoms with Crippen LogP contribution in [0.1, 0.15) is 18.1 Å². The van der Waals surface area contributed by atoms with Crippen LogP contribution in [0.2, 0.25) is 0 Å². The van der Waals surface area contributed by atoms with E-state index in [1.807, 2.05) is 12.1 Å². The summed E-state index contributed by atoms with van der Waals surface area (Å²) in [5.74, 6) is -0.0314. The first-order valence-corrected chi connectivity index (χ1v) is 9.56. The van der Waals surface area contributed by atoms with Crippen molar-refractivity contribution in [2.24, 2.45) is 0 Å². The minimum Gasteiger partial charge on any atom is -0.497 e. The van der Waals surface area contributed by atoms with E-state index in [9.17, 15) is 14.4 Å². The quantitative estimate of drug-likeness (QED) is 0.472. The van der Waals surface area contributed by atoms with Crippen LogP contribution in [0.15, 0.2) is 48.5 Å². The zero-order valence-corrected chi connectivity index (χ0v) is 17.9. The van der Waals surface area contributed by atoms with Gasteiger partial charge in [-0.1, -0.05) is 12.1 Å². The van der Waals surface area contributed by atoms with E-state index in [1.54, 1.807) is 57.4 Å². The first-order chi connectivity index (χ1) is 14.8. The molecule has 0 heterocycles. The summed E-state index contributed by atoms with van der Waals surface area (Å²) in [6.07, 6.45) is 3.01. The molecule has 31 heavy (non-hydrogen) atoms. The fourth-order valence-electron chi connectivity index (χ4n) is 2.52. The van der Waals surface area contributed by atoms with Gasteiger partial charge in [0.2, 0.25) is 11.8 Å². The summed E-state index contributed by atoms with van der Waals surface area (Å²) in [5.41, 5.74) is 2.15. The van der Waals surface area contributed by atoms with Crippen molar-refractivity contribution >= 4 is 29.5 Å². The standard InChI is InChI=1S/C23H26N2O6/c1-15-13-19(31-14-22(27)30-4)10-11-20(15)25-23(28)16(2)24-21(26)12-7-17-5-8-18(29-3)9-6-17/h5-13,16H,14H2,1-4H3,(H,24,26)(H,25,28)/b12-7+. The molecular formula is C23H26N2O6. The third-order valence-corrected chi connectivity index (χ3v) is 4.34. The highest BCUT2D eigenvalue weighted by atomic mass is 16.6. The number of anilines is 1. The Balaban J connectivity index is 1.88. The smallest absolute Gasteiger partial charge is 0.343 e. The van der Waals surface area contributed by atoms with E-state index in [2.05, 4.69) is 15.4 Å². The number of hydrogen-bond donors (Lipinski definition) is 2. The summed E-state index contributed by atoms with van der Waals surface area (Å²) in [6, 6.07) is 11.5. The number of hydrogen-bond acceptors (Lipinski definition) is 6. The van der Waals surface area contributed by atoms with Crippen LogP contribution in [0.25, 0.3) is 6.08 Å². The van der Waals surface area contributed by atoms with Gasteiger partial charge in [0, 0.05) is 11.8 Å². The maximum atomic E-state index is 12.4. The second-order valence-corrected chi connectivity index (χ2v) is 6.67. The fraction of sp³-hybridized carbons (Fsp3) is 0.261. The van der Waals surface area contributed by atoms with Gasteiger partial charge < -0.3 is 24.8 Å². The molecule has 0 spiro atoms. The van der Waals surface area contributed by atoms with Crippen LogP contribution in [0.5, 0.6) is 11.5 Å². The molecule has 1 atom stereocenters. The molecule has 8 nitrogen and oxygen atoms in total. The Hall–Kier alpha value is -3.81. The minimum atomic E-state index is -0.748. The van der Waals surface area contributed by atoms with E-state index in [0.717, 1.165) is 16.9 Å². The lowest BCUT2D eigenvalue weighted by atomic mass is 10.1. The normalized spacial score (nSPS) is 11.5. The van der Waals surface area contributed by atoms with E-state index < -0.39 is 12.0 Å². The number of carbonyl (C=O) groups is 3. The van der Waals surface area contributed by atoms with Gasteiger partial charge in [-0.3, -0.25) is 9.59 Å². The highest BCUT2D eigenvalue weighted by molar-refractivity contribution is 6.00. The Morgan fingerprint density at radius 3 is 2.32 bits per heavy atom. The highest BCUT2D eigenvalue weighted by Gasteiger charge is 2.15. The topological polar surface area (TPSA) is 103 Å². The lowest BCUT2D eigenvalue weighted by Gasteiger charge is -2.15. The van der Waals surface area contributed by atoms with Crippen molar-refractivity contribution in [1.29, 1.82) is 0 Å². The molecule has 0 aliphatic rings. The van der Waals surface area contributed by atoms with Crippen molar-refractivity contribution < 1.29 is 28.6 Å². The molecule has 2 amide bonds. The third kappa shape index (κ3) is 7.50. The molecule has 0 saturated carbocycles. The molecule has 2 rings (SSSR count). The van der Waals surface area contributed by atoms with Crippen LogP contribution in [-0.4, -0.2) is 44.7 Å². The van der Waals surface area contributed by atoms with Gasteiger partial charge in [-0.2, -0.15) is 0 Å². The molecule has 8 heteroatoms. The Bertz CT molecular complexity index is 953. The summed E-state index contributed by atoms with van der Waals surface area (Å²) in [5, 5.41) is 5.39. The predicted octanol–water partition coefficient (Wildman–Crippen LogP) is 2.71. The third-order valence-electron chi connectivity index (χ3n) is 4.34. The SMILES string of the molecule is COC(=O)COc1ccc(NC(=O)C(C)NC(=O)/C=C/c2ccc(OC)cc2)c(C)c1. The van der Waals surface area contributed by atoms with Crippen LogP contribution >= 0.6 is 0 Å². The lowest BCUT2D eigenvalue weighted by Crippen LogP contribution is -2.41. The first kappa shape index (κ1) is 23.5. The van der Waals surface area contributed by atoms with Gasteiger partial charge in [0.05, 0.1) is 14.2 Å². The first-order valence-electron chi connectivity index (χ1n) is 9.56. The van der Waals surface area contributed by atoms with Gasteiger partial charge in [0.15, 0.2) is 6.61 Å².